The highest BCUT2D eigenvalue weighted by atomic mass is 35.5. The minimum atomic E-state index is -0.888. The van der Waals surface area contributed by atoms with Gasteiger partial charge in [0.2, 0.25) is 0 Å². The Kier molecular flexibility index (Phi) is 7.83. The van der Waals surface area contributed by atoms with Crippen molar-refractivity contribution in [2.45, 2.75) is 24.9 Å². The first kappa shape index (κ1) is 21.8. The predicted molar refractivity (Wildman–Crippen MR) is 123 cm³/mol. The molecule has 0 aromatic heterocycles. The van der Waals surface area contributed by atoms with E-state index in [-0.39, 0.29) is 5.97 Å². The predicted octanol–water partition coefficient (Wildman–Crippen LogP) is 5.69. The van der Waals surface area contributed by atoms with Gasteiger partial charge in [0.25, 0.3) is 0 Å². The molecule has 0 unspecified atom stereocenters. The van der Waals surface area contributed by atoms with Crippen molar-refractivity contribution in [2.75, 3.05) is 7.11 Å². The second-order valence-corrected chi connectivity index (χ2v) is 7.67. The lowest BCUT2D eigenvalue weighted by Crippen LogP contribution is -2.53. The summed E-state index contributed by atoms with van der Waals surface area (Å²) in [6, 6.07) is 27.7. The number of esters is 1. The van der Waals surface area contributed by atoms with Crippen LogP contribution in [0.3, 0.4) is 0 Å². The average Bonchev–Trinajstić information content (AvgIpc) is 2.79. The highest BCUT2D eigenvalue weighted by Gasteiger charge is 2.38. The molecule has 30 heavy (non-hydrogen) atoms. The Morgan fingerprint density at radius 1 is 0.933 bits per heavy atom. The number of halogens is 1. The van der Waals surface area contributed by atoms with Gasteiger partial charge >= 0.3 is 5.97 Å². The van der Waals surface area contributed by atoms with E-state index in [9.17, 15) is 4.79 Å². The van der Waals surface area contributed by atoms with E-state index < -0.39 is 5.54 Å². The third-order valence-corrected chi connectivity index (χ3v) is 5.30. The molecule has 0 spiro atoms. The minimum Gasteiger partial charge on any atom is -0.468 e. The molecule has 0 fully saturated rings. The van der Waals surface area contributed by atoms with Gasteiger partial charge < -0.3 is 4.74 Å². The molecule has 0 aliphatic carbocycles. The molecule has 3 rings (SSSR count). The third-order valence-electron chi connectivity index (χ3n) is 5.05. The smallest absolute Gasteiger partial charge is 0.326 e. The SMILES string of the molecule is COC(=O)[C@@](C/C=C/c1ccccc1)(Cc1ccccc1)NCc1ccc(Cl)cc1. The van der Waals surface area contributed by atoms with Crippen molar-refractivity contribution >= 4 is 23.6 Å². The standard InChI is InChI=1S/C26H26ClNO2/c1-30-25(29)26(19-22-11-6-3-7-12-22,18-8-13-21-9-4-2-5-10-21)28-20-23-14-16-24(27)17-15-23/h2-17,28H,18-20H2,1H3/b13-8+/t26-/m1/s1. The number of carbonyl (C=O) groups is 1. The van der Waals surface area contributed by atoms with Crippen molar-refractivity contribution in [1.29, 1.82) is 0 Å². The maximum absolute atomic E-state index is 13.0. The van der Waals surface area contributed by atoms with Gasteiger partial charge in [-0.1, -0.05) is 96.5 Å². The quantitative estimate of drug-likeness (QED) is 0.453. The topological polar surface area (TPSA) is 38.3 Å². The van der Waals surface area contributed by atoms with Gasteiger partial charge in [0.1, 0.15) is 5.54 Å². The van der Waals surface area contributed by atoms with Crippen LogP contribution in [0, 0.1) is 0 Å². The lowest BCUT2D eigenvalue weighted by Gasteiger charge is -2.32. The van der Waals surface area contributed by atoms with E-state index in [1.807, 2.05) is 97.1 Å². The molecule has 0 heterocycles. The van der Waals surface area contributed by atoms with Crippen LogP contribution in [-0.2, 0) is 22.5 Å². The number of ether oxygens (including phenoxy) is 1. The van der Waals surface area contributed by atoms with E-state index in [2.05, 4.69) is 5.32 Å². The van der Waals surface area contributed by atoms with Crippen molar-refractivity contribution in [2.24, 2.45) is 0 Å². The van der Waals surface area contributed by atoms with Crippen molar-refractivity contribution in [3.63, 3.8) is 0 Å². The summed E-state index contributed by atoms with van der Waals surface area (Å²) in [4.78, 5) is 13.0. The summed E-state index contributed by atoms with van der Waals surface area (Å²) in [6.07, 6.45) is 5.08. The molecule has 1 atom stereocenters. The molecule has 4 heteroatoms. The number of carbonyl (C=O) groups excluding carboxylic acids is 1. The Bertz CT molecular complexity index is 955. The van der Waals surface area contributed by atoms with Crippen molar-refractivity contribution < 1.29 is 9.53 Å². The number of nitrogens with one attached hydrogen (secondary N) is 1. The molecule has 0 amide bonds. The fourth-order valence-electron chi connectivity index (χ4n) is 3.41. The van der Waals surface area contributed by atoms with E-state index in [0.717, 1.165) is 16.7 Å². The summed E-state index contributed by atoms with van der Waals surface area (Å²) in [5, 5.41) is 4.17. The Morgan fingerprint density at radius 3 is 2.20 bits per heavy atom. The molecule has 0 radical (unpaired) electrons. The Labute approximate surface area is 183 Å². The summed E-state index contributed by atoms with van der Waals surface area (Å²) in [7, 11) is 1.44. The molecule has 3 aromatic rings. The van der Waals surface area contributed by atoms with Crippen LogP contribution < -0.4 is 5.32 Å². The molecule has 0 saturated heterocycles. The van der Waals surface area contributed by atoms with Crippen molar-refractivity contribution in [3.8, 4) is 0 Å². The zero-order chi connectivity index (χ0) is 21.2. The number of benzene rings is 3. The Balaban J connectivity index is 1.87. The molecule has 3 aromatic carbocycles. The minimum absolute atomic E-state index is 0.280. The Morgan fingerprint density at radius 2 is 1.57 bits per heavy atom. The Hall–Kier alpha value is -2.88. The van der Waals surface area contributed by atoms with Crippen LogP contribution in [0.4, 0.5) is 0 Å². The molecule has 0 bridgehead atoms. The van der Waals surface area contributed by atoms with Gasteiger partial charge in [-0.15, -0.1) is 0 Å². The zero-order valence-electron chi connectivity index (χ0n) is 17.1. The number of rotatable bonds is 9. The zero-order valence-corrected chi connectivity index (χ0v) is 17.8. The van der Waals surface area contributed by atoms with Gasteiger partial charge in [0, 0.05) is 18.0 Å². The second kappa shape index (κ2) is 10.8. The van der Waals surface area contributed by atoms with Gasteiger partial charge in [0.15, 0.2) is 0 Å². The monoisotopic (exact) mass is 419 g/mol. The first-order valence-electron chi connectivity index (χ1n) is 9.95. The summed E-state index contributed by atoms with van der Waals surface area (Å²) in [5.41, 5.74) is 2.32. The van der Waals surface area contributed by atoms with Crippen LogP contribution in [0.5, 0.6) is 0 Å². The van der Waals surface area contributed by atoms with Crippen molar-refractivity contribution in [3.05, 3.63) is 113 Å². The molecular weight excluding hydrogens is 394 g/mol. The van der Waals surface area contributed by atoms with E-state index in [0.29, 0.717) is 24.4 Å². The summed E-state index contributed by atoms with van der Waals surface area (Å²) in [5.74, 6) is -0.280. The molecular formula is C26H26ClNO2. The third kappa shape index (κ3) is 6.06. The summed E-state index contributed by atoms with van der Waals surface area (Å²) >= 11 is 6.01. The second-order valence-electron chi connectivity index (χ2n) is 7.23. The highest BCUT2D eigenvalue weighted by Crippen LogP contribution is 2.23. The van der Waals surface area contributed by atoms with Crippen LogP contribution in [0.15, 0.2) is 91.0 Å². The van der Waals surface area contributed by atoms with Crippen LogP contribution in [0.2, 0.25) is 5.02 Å². The maximum atomic E-state index is 13.0. The normalized spacial score (nSPS) is 13.1. The molecule has 3 nitrogen and oxygen atoms in total. The van der Waals surface area contributed by atoms with Gasteiger partial charge in [-0.25, -0.2) is 0 Å². The summed E-state index contributed by atoms with van der Waals surface area (Å²) < 4.78 is 5.24. The molecule has 1 N–H and O–H groups in total. The molecule has 0 aliphatic rings. The van der Waals surface area contributed by atoms with E-state index >= 15 is 0 Å². The maximum Gasteiger partial charge on any atom is 0.326 e. The fraction of sp³-hybridized carbons (Fsp3) is 0.192. The number of hydrogen-bond donors (Lipinski definition) is 1. The molecule has 154 valence electrons. The van der Waals surface area contributed by atoms with Gasteiger partial charge in [-0.3, -0.25) is 10.1 Å². The van der Waals surface area contributed by atoms with Crippen LogP contribution in [0.1, 0.15) is 23.1 Å². The molecule has 0 aliphatic heterocycles. The average molecular weight is 420 g/mol. The van der Waals surface area contributed by atoms with E-state index in [1.165, 1.54) is 7.11 Å². The fourth-order valence-corrected chi connectivity index (χ4v) is 3.53. The van der Waals surface area contributed by atoms with Gasteiger partial charge in [-0.05, 0) is 35.2 Å². The van der Waals surface area contributed by atoms with Gasteiger partial charge in [-0.2, -0.15) is 0 Å². The summed E-state index contributed by atoms with van der Waals surface area (Å²) in [6.45, 7) is 0.526. The van der Waals surface area contributed by atoms with E-state index in [1.54, 1.807) is 0 Å². The first-order valence-corrected chi connectivity index (χ1v) is 10.3. The van der Waals surface area contributed by atoms with Crippen LogP contribution in [0.25, 0.3) is 6.08 Å². The van der Waals surface area contributed by atoms with Crippen LogP contribution >= 0.6 is 11.6 Å². The van der Waals surface area contributed by atoms with Gasteiger partial charge in [0.05, 0.1) is 7.11 Å². The number of methoxy groups -OCH3 is 1. The lowest BCUT2D eigenvalue weighted by atomic mass is 9.86. The van der Waals surface area contributed by atoms with Crippen LogP contribution in [-0.4, -0.2) is 18.6 Å². The first-order chi connectivity index (χ1) is 14.6. The number of hydrogen-bond acceptors (Lipinski definition) is 3. The lowest BCUT2D eigenvalue weighted by molar-refractivity contribution is -0.148. The van der Waals surface area contributed by atoms with Crippen molar-refractivity contribution in [1.82, 2.24) is 5.32 Å². The molecule has 0 saturated carbocycles. The van der Waals surface area contributed by atoms with E-state index in [4.69, 9.17) is 16.3 Å². The largest absolute Gasteiger partial charge is 0.468 e. The highest BCUT2D eigenvalue weighted by molar-refractivity contribution is 6.30.